The second kappa shape index (κ2) is 16.3. The van der Waals surface area contributed by atoms with Crippen molar-refractivity contribution in [3.63, 3.8) is 0 Å². The quantitative estimate of drug-likeness (QED) is 0.178. The Labute approximate surface area is 220 Å². The fourth-order valence-corrected chi connectivity index (χ4v) is 4.13. The van der Waals surface area contributed by atoms with Crippen LogP contribution < -0.4 is 21.7 Å². The molecule has 0 saturated heterocycles. The van der Waals surface area contributed by atoms with Crippen LogP contribution in [0.3, 0.4) is 0 Å². The van der Waals surface area contributed by atoms with Gasteiger partial charge in [0.1, 0.15) is 23.9 Å². The summed E-state index contributed by atoms with van der Waals surface area (Å²) in [4.78, 5) is 50.5. The number of nitrogens with two attached hydrogens (primary N) is 1. The lowest BCUT2D eigenvalue weighted by Crippen LogP contribution is -2.58. The Balaban J connectivity index is 3.09. The van der Waals surface area contributed by atoms with Gasteiger partial charge >= 0.3 is 5.97 Å². The van der Waals surface area contributed by atoms with E-state index >= 15 is 0 Å². The number of phenols is 1. The summed E-state index contributed by atoms with van der Waals surface area (Å²) < 4.78 is 0. The maximum absolute atomic E-state index is 13.3. The molecule has 0 aliphatic rings. The zero-order valence-corrected chi connectivity index (χ0v) is 22.8. The van der Waals surface area contributed by atoms with Gasteiger partial charge in [-0.3, -0.25) is 14.4 Å². The fraction of sp³-hybridized carbons (Fsp3) is 0.583. The number of thioether (sulfide) groups is 2. The first kappa shape index (κ1) is 31.6. The second-order valence-electron chi connectivity index (χ2n) is 8.73. The largest absolute Gasteiger partial charge is 0.508 e. The summed E-state index contributed by atoms with van der Waals surface area (Å²) >= 11 is 2.95. The molecule has 1 aromatic carbocycles. The van der Waals surface area contributed by atoms with Crippen molar-refractivity contribution >= 4 is 47.2 Å². The van der Waals surface area contributed by atoms with E-state index in [1.165, 1.54) is 35.7 Å². The van der Waals surface area contributed by atoms with Crippen LogP contribution in [0.15, 0.2) is 24.3 Å². The molecule has 10 nitrogen and oxygen atoms in total. The van der Waals surface area contributed by atoms with Crippen LogP contribution in [0, 0.1) is 5.92 Å². The molecule has 12 heteroatoms. The molecule has 0 aromatic heterocycles. The minimum atomic E-state index is -1.15. The molecule has 3 amide bonds. The smallest absolute Gasteiger partial charge is 0.326 e. The Morgan fingerprint density at radius 3 is 1.81 bits per heavy atom. The number of benzene rings is 1. The molecule has 0 saturated carbocycles. The Morgan fingerprint density at radius 2 is 1.31 bits per heavy atom. The Morgan fingerprint density at radius 1 is 0.833 bits per heavy atom. The third kappa shape index (κ3) is 11.1. The molecule has 0 heterocycles. The van der Waals surface area contributed by atoms with Crippen molar-refractivity contribution in [3.05, 3.63) is 29.8 Å². The number of amides is 3. The average Bonchev–Trinajstić information content (AvgIpc) is 2.83. The van der Waals surface area contributed by atoms with Crippen LogP contribution in [0.25, 0.3) is 0 Å². The molecule has 4 atom stereocenters. The van der Waals surface area contributed by atoms with Gasteiger partial charge in [0, 0.05) is 6.42 Å². The monoisotopic (exact) mass is 542 g/mol. The summed E-state index contributed by atoms with van der Waals surface area (Å²) in [6.07, 6.45) is 4.33. The maximum atomic E-state index is 13.3. The molecule has 4 unspecified atom stereocenters. The van der Waals surface area contributed by atoms with E-state index in [1.54, 1.807) is 26.0 Å². The highest BCUT2D eigenvalue weighted by Crippen LogP contribution is 2.13. The number of carboxylic acids is 1. The van der Waals surface area contributed by atoms with E-state index in [-0.39, 0.29) is 30.9 Å². The van der Waals surface area contributed by atoms with Gasteiger partial charge in [-0.2, -0.15) is 23.5 Å². The van der Waals surface area contributed by atoms with Crippen LogP contribution in [0.4, 0.5) is 0 Å². The van der Waals surface area contributed by atoms with Gasteiger partial charge in [-0.15, -0.1) is 0 Å². The van der Waals surface area contributed by atoms with Crippen LogP contribution in [0.5, 0.6) is 5.75 Å². The Kier molecular flexibility index (Phi) is 14.3. The number of aliphatic carboxylic acids is 1. The predicted octanol–water partition coefficient (Wildman–Crippen LogP) is 0.963. The fourth-order valence-electron chi connectivity index (χ4n) is 3.19. The first-order valence-electron chi connectivity index (χ1n) is 11.6. The average molecular weight is 543 g/mol. The van der Waals surface area contributed by atoms with Crippen LogP contribution in [0.1, 0.15) is 32.3 Å². The molecular weight excluding hydrogens is 504 g/mol. The number of carboxylic acid groups (broad SMARTS) is 1. The number of phenolic OH excluding ortho intramolecular Hbond substituents is 1. The van der Waals surface area contributed by atoms with Gasteiger partial charge in [0.15, 0.2) is 0 Å². The summed E-state index contributed by atoms with van der Waals surface area (Å²) in [6, 6.07) is 2.28. The van der Waals surface area contributed by atoms with Crippen molar-refractivity contribution in [2.75, 3.05) is 24.0 Å². The molecule has 0 fully saturated rings. The van der Waals surface area contributed by atoms with Gasteiger partial charge in [0.2, 0.25) is 17.7 Å². The van der Waals surface area contributed by atoms with Gasteiger partial charge in [0.25, 0.3) is 0 Å². The van der Waals surface area contributed by atoms with Crippen molar-refractivity contribution in [2.24, 2.45) is 11.7 Å². The highest BCUT2D eigenvalue weighted by atomic mass is 32.2. The number of hydrogen-bond acceptors (Lipinski definition) is 8. The van der Waals surface area contributed by atoms with E-state index in [9.17, 15) is 29.4 Å². The third-order valence-electron chi connectivity index (χ3n) is 5.50. The van der Waals surface area contributed by atoms with E-state index in [2.05, 4.69) is 16.0 Å². The van der Waals surface area contributed by atoms with E-state index in [4.69, 9.17) is 5.73 Å². The number of hydrogen-bond donors (Lipinski definition) is 6. The van der Waals surface area contributed by atoms with E-state index in [0.717, 1.165) is 0 Å². The molecule has 1 rings (SSSR count). The third-order valence-corrected chi connectivity index (χ3v) is 6.79. The first-order valence-corrected chi connectivity index (χ1v) is 14.4. The molecule has 36 heavy (non-hydrogen) atoms. The van der Waals surface area contributed by atoms with Crippen LogP contribution in [0.2, 0.25) is 0 Å². The lowest BCUT2D eigenvalue weighted by Gasteiger charge is -2.26. The maximum Gasteiger partial charge on any atom is 0.326 e. The lowest BCUT2D eigenvalue weighted by molar-refractivity contribution is -0.142. The molecule has 1 aromatic rings. The molecule has 7 N–H and O–H groups in total. The second-order valence-corrected chi connectivity index (χ2v) is 10.7. The van der Waals surface area contributed by atoms with Crippen molar-refractivity contribution in [2.45, 2.75) is 57.3 Å². The molecular formula is C24H38N4O6S2. The van der Waals surface area contributed by atoms with E-state index in [1.807, 2.05) is 12.5 Å². The number of nitrogens with one attached hydrogen (secondary N) is 3. The molecule has 202 valence electrons. The molecule has 0 bridgehead atoms. The lowest BCUT2D eigenvalue weighted by atomic mass is 10.0. The van der Waals surface area contributed by atoms with Crippen LogP contribution in [-0.2, 0) is 25.6 Å². The summed E-state index contributed by atoms with van der Waals surface area (Å²) in [5.41, 5.74) is 6.64. The standard InChI is InChI=1S/C24H38N4O6S2/c1-14(2)20(25)23(32)28-19(13-15-5-7-16(29)8-6-15)22(31)26-17(9-11-35-3)21(30)27-18(24(33)34)10-12-36-4/h5-8,14,17-20,29H,9-13,25H2,1-4H3,(H,26,31)(H,27,30)(H,28,32)(H,33,34). The minimum absolute atomic E-state index is 0.0638. The molecule has 0 aliphatic carbocycles. The van der Waals surface area contributed by atoms with Crippen molar-refractivity contribution in [1.29, 1.82) is 0 Å². The first-order chi connectivity index (χ1) is 17.0. The summed E-state index contributed by atoms with van der Waals surface area (Å²) in [5, 5.41) is 26.9. The van der Waals surface area contributed by atoms with E-state index in [0.29, 0.717) is 17.1 Å². The summed E-state index contributed by atoms with van der Waals surface area (Å²) in [6.45, 7) is 3.58. The number of aromatic hydroxyl groups is 1. The predicted molar refractivity (Wildman–Crippen MR) is 144 cm³/mol. The van der Waals surface area contributed by atoms with Gasteiger partial charge in [0.05, 0.1) is 6.04 Å². The van der Waals surface area contributed by atoms with Gasteiger partial charge in [-0.05, 0) is 60.5 Å². The van der Waals surface area contributed by atoms with Gasteiger partial charge in [-0.25, -0.2) is 4.79 Å². The summed E-state index contributed by atoms with van der Waals surface area (Å²) in [5.74, 6) is -1.83. The van der Waals surface area contributed by atoms with Crippen molar-refractivity contribution in [1.82, 2.24) is 16.0 Å². The minimum Gasteiger partial charge on any atom is -0.508 e. The molecule has 0 radical (unpaired) electrons. The Hall–Kier alpha value is -2.44. The van der Waals surface area contributed by atoms with Crippen molar-refractivity contribution in [3.8, 4) is 5.75 Å². The van der Waals surface area contributed by atoms with Gasteiger partial charge in [-0.1, -0.05) is 26.0 Å². The summed E-state index contributed by atoms with van der Waals surface area (Å²) in [7, 11) is 0. The zero-order chi connectivity index (χ0) is 27.3. The molecule has 0 aliphatic heterocycles. The van der Waals surface area contributed by atoms with Crippen LogP contribution >= 0.6 is 23.5 Å². The highest BCUT2D eigenvalue weighted by Gasteiger charge is 2.30. The number of rotatable bonds is 16. The van der Waals surface area contributed by atoms with E-state index < -0.39 is 47.9 Å². The van der Waals surface area contributed by atoms with Crippen LogP contribution in [-0.4, -0.2) is 82.1 Å². The number of carbonyl (C=O) groups is 4. The van der Waals surface area contributed by atoms with Crippen molar-refractivity contribution < 1.29 is 29.4 Å². The molecule has 0 spiro atoms. The normalized spacial score (nSPS) is 14.4. The Bertz CT molecular complexity index is 869. The van der Waals surface area contributed by atoms with Gasteiger partial charge < -0.3 is 31.9 Å². The zero-order valence-electron chi connectivity index (χ0n) is 21.2. The highest BCUT2D eigenvalue weighted by molar-refractivity contribution is 7.98. The SMILES string of the molecule is CSCCC(NC(=O)C(CCSC)NC(=O)C(Cc1ccc(O)cc1)NC(=O)C(N)C(C)C)C(=O)O. The number of carbonyl (C=O) groups excluding carboxylic acids is 3. The topological polar surface area (TPSA) is 171 Å².